The van der Waals surface area contributed by atoms with Crippen molar-refractivity contribution in [2.75, 3.05) is 36.8 Å². The molecule has 2 aliphatic rings. The van der Waals surface area contributed by atoms with Crippen LogP contribution in [0.15, 0.2) is 54.7 Å². The Morgan fingerprint density at radius 2 is 1.72 bits per heavy atom. The number of nitrogens with one attached hydrogen (secondary N) is 2. The first kappa shape index (κ1) is 24.6. The molecule has 0 aliphatic carbocycles. The van der Waals surface area contributed by atoms with E-state index >= 15 is 0 Å². The summed E-state index contributed by atoms with van der Waals surface area (Å²) in [5, 5.41) is 7.28. The van der Waals surface area contributed by atoms with Crippen molar-refractivity contribution in [3.05, 3.63) is 71.9 Å². The van der Waals surface area contributed by atoms with Crippen molar-refractivity contribution in [1.29, 1.82) is 0 Å². The summed E-state index contributed by atoms with van der Waals surface area (Å²) in [6.45, 7) is 3.70. The molecule has 2 aromatic carbocycles. The lowest BCUT2D eigenvalue weighted by Gasteiger charge is -2.37. The number of anilines is 2. The standard InChI is InChI=1S/C28H34F2N6/c29-22-8-4-20(5-9-22)25-18-34-28(35-27(25)31)36-14-2-1-3-24(36)17-32-16-19-12-13-33-26(15-19)21-6-10-23(30)11-7-21/h4-11,18-19,24,26,32-33H,1-3,12-17H2,(H2,31,34,35). The van der Waals surface area contributed by atoms with Gasteiger partial charge in [0.25, 0.3) is 0 Å². The van der Waals surface area contributed by atoms with Gasteiger partial charge in [-0.1, -0.05) is 24.3 Å². The molecule has 0 radical (unpaired) electrons. The van der Waals surface area contributed by atoms with E-state index in [4.69, 9.17) is 5.73 Å². The molecule has 4 N–H and O–H groups in total. The van der Waals surface area contributed by atoms with Crippen LogP contribution in [0.3, 0.4) is 0 Å². The largest absolute Gasteiger partial charge is 0.383 e. The van der Waals surface area contributed by atoms with Crippen molar-refractivity contribution in [3.8, 4) is 11.1 Å². The average Bonchev–Trinajstić information content (AvgIpc) is 2.90. The highest BCUT2D eigenvalue weighted by atomic mass is 19.1. The molecule has 8 heteroatoms. The number of rotatable bonds is 7. The third-order valence-corrected chi connectivity index (χ3v) is 7.44. The topological polar surface area (TPSA) is 79.1 Å². The lowest BCUT2D eigenvalue weighted by molar-refractivity contribution is 0.291. The first-order chi connectivity index (χ1) is 17.6. The number of hydrogen-bond acceptors (Lipinski definition) is 6. The van der Waals surface area contributed by atoms with E-state index in [1.165, 1.54) is 30.7 Å². The second kappa shape index (κ2) is 11.3. The quantitative estimate of drug-likeness (QED) is 0.444. The third kappa shape index (κ3) is 5.82. The van der Waals surface area contributed by atoms with Crippen LogP contribution in [0.5, 0.6) is 0 Å². The molecule has 5 rings (SSSR count). The maximum absolute atomic E-state index is 13.3. The molecule has 2 aliphatic heterocycles. The SMILES string of the molecule is Nc1nc(N2CCCCC2CNCC2CCNC(c3ccc(F)cc3)C2)ncc1-c1ccc(F)cc1. The molecule has 0 amide bonds. The van der Waals surface area contributed by atoms with Gasteiger partial charge >= 0.3 is 0 Å². The van der Waals surface area contributed by atoms with E-state index in [-0.39, 0.29) is 17.7 Å². The minimum absolute atomic E-state index is 0.194. The Balaban J connectivity index is 1.19. The summed E-state index contributed by atoms with van der Waals surface area (Å²) in [6.07, 6.45) is 7.29. The molecule has 0 bridgehead atoms. The van der Waals surface area contributed by atoms with E-state index in [9.17, 15) is 8.78 Å². The molecule has 1 aromatic heterocycles. The van der Waals surface area contributed by atoms with Crippen LogP contribution in [0.2, 0.25) is 0 Å². The zero-order chi connectivity index (χ0) is 24.9. The number of nitrogens with two attached hydrogens (primary N) is 1. The van der Waals surface area contributed by atoms with Crippen LogP contribution < -0.4 is 21.3 Å². The van der Waals surface area contributed by atoms with Crippen molar-refractivity contribution in [2.45, 2.75) is 44.2 Å². The van der Waals surface area contributed by atoms with Crippen LogP contribution in [-0.2, 0) is 0 Å². The van der Waals surface area contributed by atoms with E-state index in [1.807, 2.05) is 12.1 Å². The number of benzene rings is 2. The van der Waals surface area contributed by atoms with Crippen LogP contribution in [0, 0.1) is 17.6 Å². The molecule has 6 nitrogen and oxygen atoms in total. The zero-order valence-corrected chi connectivity index (χ0v) is 20.5. The van der Waals surface area contributed by atoms with Gasteiger partial charge in [0.15, 0.2) is 0 Å². The zero-order valence-electron chi connectivity index (χ0n) is 20.5. The maximum Gasteiger partial charge on any atom is 0.227 e. The van der Waals surface area contributed by atoms with E-state index in [1.54, 1.807) is 18.3 Å². The minimum atomic E-state index is -0.283. The molecular formula is C28H34F2N6. The molecule has 0 spiro atoms. The van der Waals surface area contributed by atoms with Crippen LogP contribution in [0.25, 0.3) is 11.1 Å². The van der Waals surface area contributed by atoms with Crippen molar-refractivity contribution in [1.82, 2.24) is 20.6 Å². The highest BCUT2D eigenvalue weighted by Gasteiger charge is 2.27. The molecule has 3 atom stereocenters. The lowest BCUT2D eigenvalue weighted by atomic mass is 9.88. The van der Waals surface area contributed by atoms with Gasteiger partial charge in [0.2, 0.25) is 5.95 Å². The molecule has 3 aromatic rings. The maximum atomic E-state index is 13.3. The fraction of sp³-hybridized carbons (Fsp3) is 0.429. The van der Waals surface area contributed by atoms with E-state index < -0.39 is 0 Å². The first-order valence-corrected chi connectivity index (χ1v) is 12.9. The Morgan fingerprint density at radius 1 is 0.972 bits per heavy atom. The van der Waals surface area contributed by atoms with Gasteiger partial charge in [-0.25, -0.2) is 13.8 Å². The summed E-state index contributed by atoms with van der Waals surface area (Å²) in [7, 11) is 0. The number of halogens is 2. The minimum Gasteiger partial charge on any atom is -0.383 e. The van der Waals surface area contributed by atoms with E-state index in [2.05, 4.69) is 25.5 Å². The number of piperidine rings is 2. The van der Waals surface area contributed by atoms with Gasteiger partial charge in [-0.2, -0.15) is 4.98 Å². The van der Waals surface area contributed by atoms with Crippen LogP contribution in [-0.4, -0.2) is 42.2 Å². The van der Waals surface area contributed by atoms with Gasteiger partial charge in [-0.05, 0) is 86.5 Å². The molecular weight excluding hydrogens is 458 g/mol. The lowest BCUT2D eigenvalue weighted by Crippen LogP contribution is -2.47. The number of nitrogens with zero attached hydrogens (tertiary/aromatic N) is 3. The fourth-order valence-electron chi connectivity index (χ4n) is 5.44. The summed E-state index contributed by atoms with van der Waals surface area (Å²) in [6, 6.07) is 13.6. The summed E-state index contributed by atoms with van der Waals surface area (Å²) >= 11 is 0. The van der Waals surface area contributed by atoms with Gasteiger partial charge in [0, 0.05) is 36.9 Å². The van der Waals surface area contributed by atoms with Crippen molar-refractivity contribution >= 4 is 11.8 Å². The van der Waals surface area contributed by atoms with Gasteiger partial charge in [0.1, 0.15) is 17.5 Å². The van der Waals surface area contributed by atoms with Crippen LogP contribution in [0.1, 0.15) is 43.7 Å². The van der Waals surface area contributed by atoms with Gasteiger partial charge < -0.3 is 21.3 Å². The van der Waals surface area contributed by atoms with E-state index in [0.29, 0.717) is 29.3 Å². The summed E-state index contributed by atoms with van der Waals surface area (Å²) < 4.78 is 26.6. The van der Waals surface area contributed by atoms with Crippen molar-refractivity contribution in [3.63, 3.8) is 0 Å². The molecule has 190 valence electrons. The number of hydrogen-bond donors (Lipinski definition) is 3. The van der Waals surface area contributed by atoms with Crippen LogP contribution >= 0.6 is 0 Å². The smallest absolute Gasteiger partial charge is 0.227 e. The Morgan fingerprint density at radius 3 is 2.47 bits per heavy atom. The molecule has 3 unspecified atom stereocenters. The summed E-state index contributed by atoms with van der Waals surface area (Å²) in [5.41, 5.74) is 8.97. The van der Waals surface area contributed by atoms with Crippen LogP contribution in [0.4, 0.5) is 20.5 Å². The summed E-state index contributed by atoms with van der Waals surface area (Å²) in [4.78, 5) is 11.5. The second-order valence-corrected chi connectivity index (χ2v) is 9.93. The third-order valence-electron chi connectivity index (χ3n) is 7.44. The monoisotopic (exact) mass is 492 g/mol. The molecule has 2 saturated heterocycles. The second-order valence-electron chi connectivity index (χ2n) is 9.93. The highest BCUT2D eigenvalue weighted by molar-refractivity contribution is 5.73. The predicted octanol–water partition coefficient (Wildman–Crippen LogP) is 4.69. The molecule has 36 heavy (non-hydrogen) atoms. The van der Waals surface area contributed by atoms with Gasteiger partial charge in [-0.3, -0.25) is 0 Å². The Hall–Kier alpha value is -3.10. The van der Waals surface area contributed by atoms with Gasteiger partial charge in [-0.15, -0.1) is 0 Å². The molecule has 3 heterocycles. The normalized spacial score (nSPS) is 22.5. The first-order valence-electron chi connectivity index (χ1n) is 12.9. The fourth-order valence-corrected chi connectivity index (χ4v) is 5.44. The Kier molecular flexibility index (Phi) is 7.72. The van der Waals surface area contributed by atoms with Crippen molar-refractivity contribution < 1.29 is 8.78 Å². The highest BCUT2D eigenvalue weighted by Crippen LogP contribution is 2.29. The molecule has 0 saturated carbocycles. The summed E-state index contributed by atoms with van der Waals surface area (Å²) in [5.74, 6) is 1.16. The molecule has 2 fully saturated rings. The van der Waals surface area contributed by atoms with Gasteiger partial charge in [0.05, 0.1) is 0 Å². The van der Waals surface area contributed by atoms with Crippen molar-refractivity contribution in [2.24, 2.45) is 5.92 Å². The Bertz CT molecular complexity index is 1140. The number of aromatic nitrogens is 2. The number of nitrogen functional groups attached to an aromatic ring is 1. The average molecular weight is 493 g/mol. The Labute approximate surface area is 211 Å². The predicted molar refractivity (Wildman–Crippen MR) is 140 cm³/mol. The van der Waals surface area contributed by atoms with E-state index in [0.717, 1.165) is 63.0 Å².